The number of methoxy groups -OCH3 is 1. The van der Waals surface area contributed by atoms with Gasteiger partial charge in [-0.2, -0.15) is 13.2 Å². The van der Waals surface area contributed by atoms with E-state index in [1.54, 1.807) is 7.11 Å². The van der Waals surface area contributed by atoms with Crippen LogP contribution in [0.4, 0.5) is 13.2 Å². The molecule has 1 heterocycles. The number of rotatable bonds is 7. The number of carbonyl (C=O) groups excluding carboxylic acids is 1. The smallest absolute Gasteiger partial charge is 0.416 e. The summed E-state index contributed by atoms with van der Waals surface area (Å²) in [6.45, 7) is 4.27. The largest absolute Gasteiger partial charge is 0.496 e. The van der Waals surface area contributed by atoms with Crippen LogP contribution in [0.15, 0.2) is 48.5 Å². The number of carbonyl (C=O) groups is 1. The zero-order valence-electron chi connectivity index (χ0n) is 17.7. The van der Waals surface area contributed by atoms with Gasteiger partial charge in [0.2, 0.25) is 0 Å². The second-order valence-corrected chi connectivity index (χ2v) is 7.37. The van der Waals surface area contributed by atoms with E-state index in [0.717, 1.165) is 35.6 Å². The predicted molar refractivity (Wildman–Crippen MR) is 114 cm³/mol. The number of hydrogen-bond donors (Lipinski definition) is 1. The number of amides is 1. The number of alkyl halides is 3. The highest BCUT2D eigenvalue weighted by molar-refractivity contribution is 6.02. The SMILES string of the molecule is CCCc1c(-c2ccc(C(F)(F)F)cc2)c(C(N)=O)c(C)n1Cc1ccccc1OC. The normalized spacial score (nSPS) is 11.5. The first-order chi connectivity index (χ1) is 14.7. The van der Waals surface area contributed by atoms with Gasteiger partial charge in [-0.25, -0.2) is 0 Å². The quantitative estimate of drug-likeness (QED) is 0.531. The predicted octanol–water partition coefficient (Wildman–Crippen LogP) is 5.59. The third-order valence-corrected chi connectivity index (χ3v) is 5.39. The molecule has 2 N–H and O–H groups in total. The van der Waals surface area contributed by atoms with Gasteiger partial charge in [0, 0.05) is 22.5 Å². The Morgan fingerprint density at radius 1 is 1.10 bits per heavy atom. The lowest BCUT2D eigenvalue weighted by molar-refractivity contribution is -0.137. The molecule has 7 heteroatoms. The van der Waals surface area contributed by atoms with Crippen molar-refractivity contribution in [3.05, 3.63) is 76.6 Å². The van der Waals surface area contributed by atoms with E-state index in [-0.39, 0.29) is 0 Å². The maximum absolute atomic E-state index is 13.0. The Labute approximate surface area is 179 Å². The number of hydrogen-bond acceptors (Lipinski definition) is 2. The molecule has 2 aromatic carbocycles. The van der Waals surface area contributed by atoms with Crippen molar-refractivity contribution in [2.75, 3.05) is 7.11 Å². The average Bonchev–Trinajstić information content (AvgIpc) is 3.00. The Kier molecular flexibility index (Phi) is 6.43. The molecule has 31 heavy (non-hydrogen) atoms. The van der Waals surface area contributed by atoms with Gasteiger partial charge in [-0.1, -0.05) is 43.7 Å². The third kappa shape index (κ3) is 4.45. The number of aromatic nitrogens is 1. The van der Waals surface area contributed by atoms with Crippen molar-refractivity contribution in [1.82, 2.24) is 4.57 Å². The van der Waals surface area contributed by atoms with Crippen molar-refractivity contribution in [1.29, 1.82) is 0 Å². The number of ether oxygens (including phenoxy) is 1. The van der Waals surface area contributed by atoms with E-state index < -0.39 is 17.6 Å². The molecule has 0 aliphatic heterocycles. The van der Waals surface area contributed by atoms with E-state index in [0.29, 0.717) is 35.3 Å². The summed E-state index contributed by atoms with van der Waals surface area (Å²) in [4.78, 5) is 12.4. The van der Waals surface area contributed by atoms with Crippen LogP contribution in [0.3, 0.4) is 0 Å². The van der Waals surface area contributed by atoms with Gasteiger partial charge in [0.15, 0.2) is 0 Å². The fourth-order valence-electron chi connectivity index (χ4n) is 3.95. The Bertz CT molecular complexity index is 1080. The molecule has 0 spiro atoms. The average molecular weight is 430 g/mol. The molecule has 1 aromatic heterocycles. The summed E-state index contributed by atoms with van der Waals surface area (Å²) in [5.74, 6) is 0.110. The van der Waals surface area contributed by atoms with E-state index in [1.807, 2.05) is 42.7 Å². The van der Waals surface area contributed by atoms with E-state index in [2.05, 4.69) is 0 Å². The van der Waals surface area contributed by atoms with Gasteiger partial charge in [0.25, 0.3) is 5.91 Å². The number of nitrogens with zero attached hydrogens (tertiary/aromatic N) is 1. The topological polar surface area (TPSA) is 57.2 Å². The van der Waals surface area contributed by atoms with E-state index in [9.17, 15) is 18.0 Å². The first-order valence-corrected chi connectivity index (χ1v) is 10.00. The van der Waals surface area contributed by atoms with E-state index in [1.165, 1.54) is 12.1 Å². The minimum absolute atomic E-state index is 0.332. The van der Waals surface area contributed by atoms with Crippen LogP contribution in [0.1, 0.15) is 46.2 Å². The van der Waals surface area contributed by atoms with E-state index in [4.69, 9.17) is 10.5 Å². The fourth-order valence-corrected chi connectivity index (χ4v) is 3.95. The van der Waals surface area contributed by atoms with Crippen LogP contribution in [-0.2, 0) is 19.1 Å². The molecule has 164 valence electrons. The standard InChI is InChI=1S/C24H25F3N2O2/c1-4-7-19-22(16-10-12-18(13-11-16)24(25,26)27)21(23(28)30)15(2)29(19)14-17-8-5-6-9-20(17)31-3/h5-6,8-13H,4,7,14H2,1-3H3,(H2,28,30). The molecule has 0 aliphatic carbocycles. The van der Waals surface area contributed by atoms with Crippen LogP contribution in [-0.4, -0.2) is 17.6 Å². The molecular weight excluding hydrogens is 405 g/mol. The second kappa shape index (κ2) is 8.88. The van der Waals surface area contributed by atoms with Gasteiger partial charge >= 0.3 is 6.18 Å². The number of para-hydroxylation sites is 1. The minimum atomic E-state index is -4.43. The Morgan fingerprint density at radius 3 is 2.29 bits per heavy atom. The molecule has 0 saturated carbocycles. The molecule has 0 radical (unpaired) electrons. The molecule has 0 saturated heterocycles. The lowest BCUT2D eigenvalue weighted by atomic mass is 9.97. The Morgan fingerprint density at radius 2 is 1.74 bits per heavy atom. The van der Waals surface area contributed by atoms with Crippen LogP contribution < -0.4 is 10.5 Å². The monoisotopic (exact) mass is 430 g/mol. The first kappa shape index (κ1) is 22.5. The van der Waals surface area contributed by atoms with Crippen molar-refractivity contribution in [2.45, 2.75) is 39.4 Å². The summed E-state index contributed by atoms with van der Waals surface area (Å²) < 4.78 is 46.5. The summed E-state index contributed by atoms with van der Waals surface area (Å²) in [6, 6.07) is 12.4. The molecule has 0 atom stereocenters. The van der Waals surface area contributed by atoms with Gasteiger partial charge in [-0.05, 0) is 37.1 Å². The molecular formula is C24H25F3N2O2. The molecule has 0 aliphatic rings. The summed E-state index contributed by atoms with van der Waals surface area (Å²) in [7, 11) is 1.59. The van der Waals surface area contributed by atoms with Gasteiger partial charge in [0.1, 0.15) is 5.75 Å². The van der Waals surface area contributed by atoms with Gasteiger partial charge in [0.05, 0.1) is 24.8 Å². The van der Waals surface area contributed by atoms with Crippen LogP contribution in [0, 0.1) is 6.92 Å². The molecule has 0 fully saturated rings. The number of primary amides is 1. The Balaban J connectivity index is 2.21. The fraction of sp³-hybridized carbons (Fsp3) is 0.292. The van der Waals surface area contributed by atoms with Crippen LogP contribution >= 0.6 is 0 Å². The van der Waals surface area contributed by atoms with Crippen molar-refractivity contribution >= 4 is 5.91 Å². The first-order valence-electron chi connectivity index (χ1n) is 10.00. The molecule has 4 nitrogen and oxygen atoms in total. The van der Waals surface area contributed by atoms with Crippen molar-refractivity contribution in [3.8, 4) is 16.9 Å². The third-order valence-electron chi connectivity index (χ3n) is 5.39. The van der Waals surface area contributed by atoms with Crippen LogP contribution in [0.25, 0.3) is 11.1 Å². The summed E-state index contributed by atoms with van der Waals surface area (Å²) in [6.07, 6.45) is -3.00. The lowest BCUT2D eigenvalue weighted by Gasteiger charge is -2.15. The number of benzene rings is 2. The zero-order valence-corrected chi connectivity index (χ0v) is 17.7. The summed E-state index contributed by atoms with van der Waals surface area (Å²) >= 11 is 0. The maximum Gasteiger partial charge on any atom is 0.416 e. The van der Waals surface area contributed by atoms with Crippen molar-refractivity contribution < 1.29 is 22.7 Å². The van der Waals surface area contributed by atoms with Gasteiger partial charge in [-0.15, -0.1) is 0 Å². The summed E-state index contributed by atoms with van der Waals surface area (Å²) in [5, 5.41) is 0. The number of halogens is 3. The van der Waals surface area contributed by atoms with Crippen LogP contribution in [0.2, 0.25) is 0 Å². The zero-order chi connectivity index (χ0) is 22.8. The Hall–Kier alpha value is -3.22. The maximum atomic E-state index is 13.0. The van der Waals surface area contributed by atoms with Gasteiger partial charge < -0.3 is 15.0 Å². The molecule has 0 bridgehead atoms. The second-order valence-electron chi connectivity index (χ2n) is 7.37. The molecule has 3 rings (SSSR count). The molecule has 3 aromatic rings. The molecule has 1 amide bonds. The summed E-state index contributed by atoms with van der Waals surface area (Å²) in [5.41, 5.74) is 8.91. The van der Waals surface area contributed by atoms with Gasteiger partial charge in [-0.3, -0.25) is 4.79 Å². The minimum Gasteiger partial charge on any atom is -0.496 e. The van der Waals surface area contributed by atoms with E-state index >= 15 is 0 Å². The highest BCUT2D eigenvalue weighted by Crippen LogP contribution is 2.37. The van der Waals surface area contributed by atoms with Crippen molar-refractivity contribution in [2.24, 2.45) is 5.73 Å². The van der Waals surface area contributed by atoms with Crippen LogP contribution in [0.5, 0.6) is 5.75 Å². The highest BCUT2D eigenvalue weighted by Gasteiger charge is 2.31. The molecule has 0 unspecified atom stereocenters. The lowest BCUT2D eigenvalue weighted by Crippen LogP contribution is -2.14. The van der Waals surface area contributed by atoms with Crippen molar-refractivity contribution in [3.63, 3.8) is 0 Å². The highest BCUT2D eigenvalue weighted by atomic mass is 19.4. The number of nitrogens with two attached hydrogens (primary N) is 1.